The summed E-state index contributed by atoms with van der Waals surface area (Å²) in [6.45, 7) is 6.49. The highest BCUT2D eigenvalue weighted by molar-refractivity contribution is 5.77. The molecule has 0 saturated heterocycles. The molecule has 0 aliphatic heterocycles. The van der Waals surface area contributed by atoms with Gasteiger partial charge in [-0.25, -0.2) is 4.98 Å². The lowest BCUT2D eigenvalue weighted by Crippen LogP contribution is -2.86. The van der Waals surface area contributed by atoms with Gasteiger partial charge in [-0.1, -0.05) is 26.0 Å². The van der Waals surface area contributed by atoms with Crippen molar-refractivity contribution < 1.29 is 10.1 Å². The molecule has 5 heteroatoms. The van der Waals surface area contributed by atoms with Gasteiger partial charge in [0.15, 0.2) is 5.82 Å². The average molecular weight is 304 g/mol. The predicted molar refractivity (Wildman–Crippen MR) is 88.0 cm³/mol. The average Bonchev–Trinajstić information content (AvgIpc) is 2.54. The molecule has 0 aliphatic rings. The van der Waals surface area contributed by atoms with Crippen LogP contribution in [-0.4, -0.2) is 29.8 Å². The molecule has 0 bridgehead atoms. The van der Waals surface area contributed by atoms with Gasteiger partial charge in [-0.05, 0) is 18.6 Å². The predicted octanol–water partition coefficient (Wildman–Crippen LogP) is 1.47. The number of rotatable bonds is 8. The summed E-state index contributed by atoms with van der Waals surface area (Å²) in [5.41, 5.74) is 0.856. The SMILES string of the molecule is CCCn1c([C@H](CC)[NH2+]CCOC)nc2ccccc2c1=O. The van der Waals surface area contributed by atoms with Crippen LogP contribution < -0.4 is 10.9 Å². The first-order valence-corrected chi connectivity index (χ1v) is 8.04. The van der Waals surface area contributed by atoms with Gasteiger partial charge in [0.05, 0.1) is 24.1 Å². The summed E-state index contributed by atoms with van der Waals surface area (Å²) in [7, 11) is 1.70. The van der Waals surface area contributed by atoms with Gasteiger partial charge in [0, 0.05) is 20.1 Å². The molecular formula is C17H26N3O2+. The van der Waals surface area contributed by atoms with Crippen molar-refractivity contribution in [1.82, 2.24) is 9.55 Å². The van der Waals surface area contributed by atoms with Crippen LogP contribution in [0.1, 0.15) is 38.6 Å². The van der Waals surface area contributed by atoms with E-state index in [4.69, 9.17) is 9.72 Å². The largest absolute Gasteiger partial charge is 0.379 e. The number of hydrogen-bond donors (Lipinski definition) is 1. The number of para-hydroxylation sites is 1. The lowest BCUT2D eigenvalue weighted by atomic mass is 10.1. The molecule has 2 rings (SSSR count). The first kappa shape index (κ1) is 16.6. The Bertz CT molecular complexity index is 666. The van der Waals surface area contributed by atoms with Crippen LogP contribution in [0.4, 0.5) is 0 Å². The Morgan fingerprint density at radius 3 is 2.77 bits per heavy atom. The number of ether oxygens (including phenoxy) is 1. The highest BCUT2D eigenvalue weighted by Crippen LogP contribution is 2.14. The number of fused-ring (bicyclic) bond motifs is 1. The molecule has 120 valence electrons. The van der Waals surface area contributed by atoms with Crippen LogP contribution in [0.25, 0.3) is 10.9 Å². The van der Waals surface area contributed by atoms with Gasteiger partial charge in [0.2, 0.25) is 0 Å². The summed E-state index contributed by atoms with van der Waals surface area (Å²) in [6, 6.07) is 7.77. The third-order valence-corrected chi connectivity index (χ3v) is 3.88. The molecule has 1 aromatic carbocycles. The van der Waals surface area contributed by atoms with E-state index < -0.39 is 0 Å². The van der Waals surface area contributed by atoms with Crippen LogP contribution in [0, 0.1) is 0 Å². The second-order valence-electron chi connectivity index (χ2n) is 5.48. The molecule has 0 unspecified atom stereocenters. The van der Waals surface area contributed by atoms with Gasteiger partial charge in [-0.3, -0.25) is 9.36 Å². The van der Waals surface area contributed by atoms with Crippen molar-refractivity contribution >= 4 is 10.9 Å². The quantitative estimate of drug-likeness (QED) is 0.751. The fourth-order valence-corrected chi connectivity index (χ4v) is 2.75. The maximum Gasteiger partial charge on any atom is 0.261 e. The van der Waals surface area contributed by atoms with Gasteiger partial charge < -0.3 is 10.1 Å². The maximum absolute atomic E-state index is 12.8. The Morgan fingerprint density at radius 2 is 2.09 bits per heavy atom. The maximum atomic E-state index is 12.8. The fourth-order valence-electron chi connectivity index (χ4n) is 2.75. The summed E-state index contributed by atoms with van der Waals surface area (Å²) in [4.78, 5) is 17.6. The van der Waals surface area contributed by atoms with Crippen LogP contribution in [0.5, 0.6) is 0 Å². The number of benzene rings is 1. The van der Waals surface area contributed by atoms with Crippen LogP contribution in [0.3, 0.4) is 0 Å². The lowest BCUT2D eigenvalue weighted by Gasteiger charge is -2.18. The Balaban J connectivity index is 2.49. The topological polar surface area (TPSA) is 60.7 Å². The van der Waals surface area contributed by atoms with E-state index in [2.05, 4.69) is 19.2 Å². The summed E-state index contributed by atoms with van der Waals surface area (Å²) >= 11 is 0. The summed E-state index contributed by atoms with van der Waals surface area (Å²) in [6.07, 6.45) is 1.85. The number of nitrogens with two attached hydrogens (primary N) is 1. The Morgan fingerprint density at radius 1 is 1.32 bits per heavy atom. The van der Waals surface area contributed by atoms with Crippen LogP contribution in [-0.2, 0) is 11.3 Å². The van der Waals surface area contributed by atoms with Gasteiger partial charge in [-0.2, -0.15) is 0 Å². The van der Waals surface area contributed by atoms with E-state index in [0.717, 1.165) is 30.7 Å². The number of quaternary nitrogens is 1. The molecule has 1 aromatic heterocycles. The first-order valence-electron chi connectivity index (χ1n) is 8.04. The van der Waals surface area contributed by atoms with Gasteiger partial charge in [0.25, 0.3) is 5.56 Å². The second kappa shape index (κ2) is 8.06. The van der Waals surface area contributed by atoms with E-state index in [9.17, 15) is 4.79 Å². The monoisotopic (exact) mass is 304 g/mol. The third-order valence-electron chi connectivity index (χ3n) is 3.88. The minimum atomic E-state index is 0.0704. The standard InChI is InChI=1S/C17H25N3O2/c1-4-11-20-16(14(5-2)18-10-12-22-3)19-15-9-7-6-8-13(15)17(20)21/h6-9,14,18H,4-5,10-12H2,1-3H3/p+1/t14-/m0/s1. The van der Waals surface area contributed by atoms with E-state index in [0.29, 0.717) is 18.5 Å². The normalized spacial score (nSPS) is 12.7. The van der Waals surface area contributed by atoms with Crippen molar-refractivity contribution in [3.63, 3.8) is 0 Å². The van der Waals surface area contributed by atoms with E-state index in [1.54, 1.807) is 7.11 Å². The van der Waals surface area contributed by atoms with Crippen molar-refractivity contribution in [2.24, 2.45) is 0 Å². The molecule has 2 aromatic rings. The molecule has 0 fully saturated rings. The minimum Gasteiger partial charge on any atom is -0.379 e. The Hall–Kier alpha value is -1.72. The lowest BCUT2D eigenvalue weighted by molar-refractivity contribution is -0.698. The molecule has 0 amide bonds. The van der Waals surface area contributed by atoms with Gasteiger partial charge in [-0.15, -0.1) is 0 Å². The first-order chi connectivity index (χ1) is 10.7. The third kappa shape index (κ3) is 3.54. The smallest absolute Gasteiger partial charge is 0.261 e. The van der Waals surface area contributed by atoms with E-state index in [-0.39, 0.29) is 11.6 Å². The van der Waals surface area contributed by atoms with E-state index >= 15 is 0 Å². The number of aromatic nitrogens is 2. The molecule has 5 nitrogen and oxygen atoms in total. The highest BCUT2D eigenvalue weighted by Gasteiger charge is 2.20. The zero-order chi connectivity index (χ0) is 15.9. The van der Waals surface area contributed by atoms with Crippen molar-refractivity contribution in [3.05, 3.63) is 40.4 Å². The van der Waals surface area contributed by atoms with Gasteiger partial charge in [0.1, 0.15) is 6.04 Å². The molecule has 2 N–H and O–H groups in total. The molecule has 0 spiro atoms. The summed E-state index contributed by atoms with van der Waals surface area (Å²) in [5.74, 6) is 0.879. The molecule has 0 aliphatic carbocycles. The number of hydrogen-bond acceptors (Lipinski definition) is 3. The van der Waals surface area contributed by atoms with Crippen molar-refractivity contribution in [2.45, 2.75) is 39.3 Å². The van der Waals surface area contributed by atoms with E-state index in [1.165, 1.54) is 0 Å². The molecule has 1 heterocycles. The molecule has 0 radical (unpaired) electrons. The Kier molecular flexibility index (Phi) is 6.10. The highest BCUT2D eigenvalue weighted by atomic mass is 16.5. The molecular weight excluding hydrogens is 278 g/mol. The second-order valence-corrected chi connectivity index (χ2v) is 5.48. The molecule has 1 atom stereocenters. The molecule has 22 heavy (non-hydrogen) atoms. The zero-order valence-electron chi connectivity index (χ0n) is 13.7. The van der Waals surface area contributed by atoms with E-state index in [1.807, 2.05) is 28.8 Å². The fraction of sp³-hybridized carbons (Fsp3) is 0.529. The molecule has 0 saturated carbocycles. The number of nitrogens with zero attached hydrogens (tertiary/aromatic N) is 2. The van der Waals surface area contributed by atoms with Crippen LogP contribution in [0.2, 0.25) is 0 Å². The Labute approximate surface area is 131 Å². The van der Waals surface area contributed by atoms with Crippen LogP contribution >= 0.6 is 0 Å². The number of methoxy groups -OCH3 is 1. The van der Waals surface area contributed by atoms with Crippen molar-refractivity contribution in [1.29, 1.82) is 0 Å². The van der Waals surface area contributed by atoms with Gasteiger partial charge >= 0.3 is 0 Å². The van der Waals surface area contributed by atoms with Crippen molar-refractivity contribution in [2.75, 3.05) is 20.3 Å². The van der Waals surface area contributed by atoms with Crippen LogP contribution in [0.15, 0.2) is 29.1 Å². The summed E-state index contributed by atoms with van der Waals surface area (Å²) < 4.78 is 6.97. The van der Waals surface area contributed by atoms with Crippen molar-refractivity contribution in [3.8, 4) is 0 Å². The minimum absolute atomic E-state index is 0.0704. The zero-order valence-corrected chi connectivity index (χ0v) is 13.7. The summed E-state index contributed by atoms with van der Waals surface area (Å²) in [5, 5.41) is 2.91.